The molecule has 2 fully saturated rings. The first-order chi connectivity index (χ1) is 9.58. The van der Waals surface area contributed by atoms with Crippen molar-refractivity contribution in [1.29, 1.82) is 0 Å². The van der Waals surface area contributed by atoms with Crippen molar-refractivity contribution in [2.75, 3.05) is 53.4 Å². The van der Waals surface area contributed by atoms with Gasteiger partial charge in [0.15, 0.2) is 0 Å². The molecule has 2 aliphatic heterocycles. The molecule has 0 aromatic heterocycles. The van der Waals surface area contributed by atoms with Crippen molar-refractivity contribution < 1.29 is 9.59 Å². The molecule has 0 radical (unpaired) electrons. The van der Waals surface area contributed by atoms with Gasteiger partial charge in [-0.15, -0.1) is 0 Å². The van der Waals surface area contributed by atoms with Crippen LogP contribution in [0, 0.1) is 5.92 Å². The Hall–Kier alpha value is -1.30. The van der Waals surface area contributed by atoms with Gasteiger partial charge in [0.25, 0.3) is 0 Å². The Morgan fingerprint density at radius 2 is 1.80 bits per heavy atom. The van der Waals surface area contributed by atoms with Gasteiger partial charge in [-0.05, 0) is 31.8 Å². The van der Waals surface area contributed by atoms with Gasteiger partial charge >= 0.3 is 6.03 Å². The molecular formula is C14H26N4O2. The van der Waals surface area contributed by atoms with E-state index in [1.54, 1.807) is 19.0 Å². The quantitative estimate of drug-likeness (QED) is 0.804. The van der Waals surface area contributed by atoms with Crippen molar-refractivity contribution in [1.82, 2.24) is 20.0 Å². The second kappa shape index (κ2) is 6.92. The lowest BCUT2D eigenvalue weighted by Gasteiger charge is -2.36. The minimum Gasteiger partial charge on any atom is -0.339 e. The predicted molar refractivity (Wildman–Crippen MR) is 77.4 cm³/mol. The molecule has 0 aromatic rings. The molecule has 2 aliphatic rings. The normalized spacial score (nSPS) is 23.0. The number of hydrogen-bond acceptors (Lipinski definition) is 3. The Labute approximate surface area is 121 Å². The number of piperazine rings is 1. The van der Waals surface area contributed by atoms with Gasteiger partial charge in [-0.3, -0.25) is 4.79 Å². The van der Waals surface area contributed by atoms with Crippen LogP contribution in [0.4, 0.5) is 4.79 Å². The molecule has 1 atom stereocenters. The number of rotatable bonds is 3. The lowest BCUT2D eigenvalue weighted by Crippen LogP contribution is -2.52. The summed E-state index contributed by atoms with van der Waals surface area (Å²) in [6, 6.07) is 0.0362. The number of hydrogen-bond donors (Lipinski definition) is 1. The number of nitrogens with zero attached hydrogens (tertiary/aromatic N) is 3. The standard InChI is InChI=1S/C14H26N4O2/c1-16(2)14(20)18-9-7-17(8-10-18)13(19)4-3-12-5-6-15-11-12/h12,15H,3-11H2,1-2H3. The smallest absolute Gasteiger partial charge is 0.319 e. The zero-order valence-corrected chi connectivity index (χ0v) is 12.6. The molecule has 0 aromatic carbocycles. The highest BCUT2D eigenvalue weighted by Gasteiger charge is 2.25. The van der Waals surface area contributed by atoms with Gasteiger partial charge in [0.05, 0.1) is 0 Å². The van der Waals surface area contributed by atoms with Crippen molar-refractivity contribution in [3.63, 3.8) is 0 Å². The third kappa shape index (κ3) is 3.85. The summed E-state index contributed by atoms with van der Waals surface area (Å²) in [7, 11) is 3.52. The molecule has 6 heteroatoms. The van der Waals surface area contributed by atoms with E-state index in [1.807, 2.05) is 9.80 Å². The van der Waals surface area contributed by atoms with Crippen LogP contribution in [0.3, 0.4) is 0 Å². The third-order valence-corrected chi connectivity index (χ3v) is 4.21. The summed E-state index contributed by atoms with van der Waals surface area (Å²) < 4.78 is 0. The molecule has 1 unspecified atom stereocenters. The zero-order chi connectivity index (χ0) is 14.5. The van der Waals surface area contributed by atoms with Crippen LogP contribution in [-0.4, -0.2) is 80.0 Å². The molecule has 2 heterocycles. The molecule has 2 rings (SSSR count). The largest absolute Gasteiger partial charge is 0.339 e. The second-order valence-corrected chi connectivity index (χ2v) is 5.94. The van der Waals surface area contributed by atoms with E-state index < -0.39 is 0 Å². The van der Waals surface area contributed by atoms with Crippen LogP contribution in [0.1, 0.15) is 19.3 Å². The van der Waals surface area contributed by atoms with Gasteiger partial charge in [-0.1, -0.05) is 0 Å². The highest BCUT2D eigenvalue weighted by Crippen LogP contribution is 2.16. The summed E-state index contributed by atoms with van der Waals surface area (Å²) >= 11 is 0. The van der Waals surface area contributed by atoms with Crippen molar-refractivity contribution >= 4 is 11.9 Å². The Morgan fingerprint density at radius 3 is 2.35 bits per heavy atom. The lowest BCUT2D eigenvalue weighted by atomic mass is 10.0. The van der Waals surface area contributed by atoms with E-state index in [1.165, 1.54) is 6.42 Å². The molecule has 2 saturated heterocycles. The summed E-state index contributed by atoms with van der Waals surface area (Å²) in [5.74, 6) is 0.907. The van der Waals surface area contributed by atoms with Crippen LogP contribution >= 0.6 is 0 Å². The van der Waals surface area contributed by atoms with Crippen LogP contribution < -0.4 is 5.32 Å². The topological polar surface area (TPSA) is 55.9 Å². The molecule has 0 bridgehead atoms. The van der Waals surface area contributed by atoms with Crippen LogP contribution in [0.15, 0.2) is 0 Å². The maximum atomic E-state index is 12.2. The number of carbonyl (C=O) groups excluding carboxylic acids is 2. The molecule has 0 spiro atoms. The lowest BCUT2D eigenvalue weighted by molar-refractivity contribution is -0.132. The summed E-state index contributed by atoms with van der Waals surface area (Å²) in [5.41, 5.74) is 0. The van der Waals surface area contributed by atoms with Gasteiger partial charge in [-0.25, -0.2) is 4.79 Å². The SMILES string of the molecule is CN(C)C(=O)N1CCN(C(=O)CCC2CCNC2)CC1. The summed E-state index contributed by atoms with van der Waals surface area (Å²) in [4.78, 5) is 29.3. The molecule has 3 amide bonds. The van der Waals surface area contributed by atoms with E-state index in [9.17, 15) is 9.59 Å². The van der Waals surface area contributed by atoms with Crippen molar-refractivity contribution in [2.24, 2.45) is 5.92 Å². The number of nitrogens with one attached hydrogen (secondary N) is 1. The molecule has 114 valence electrons. The van der Waals surface area contributed by atoms with E-state index >= 15 is 0 Å². The summed E-state index contributed by atoms with van der Waals surface area (Å²) in [5, 5.41) is 3.33. The van der Waals surface area contributed by atoms with E-state index in [2.05, 4.69) is 5.32 Å². The molecule has 0 aliphatic carbocycles. The molecular weight excluding hydrogens is 256 g/mol. The predicted octanol–water partition coefficient (Wildman–Crippen LogP) is 0.202. The average Bonchev–Trinajstić information content (AvgIpc) is 2.97. The number of amides is 3. The fourth-order valence-corrected chi connectivity index (χ4v) is 2.88. The molecule has 0 saturated carbocycles. The zero-order valence-electron chi connectivity index (χ0n) is 12.6. The van der Waals surface area contributed by atoms with Gasteiger partial charge < -0.3 is 20.0 Å². The fourth-order valence-electron chi connectivity index (χ4n) is 2.88. The van der Waals surface area contributed by atoms with Crippen molar-refractivity contribution in [2.45, 2.75) is 19.3 Å². The Balaban J connectivity index is 1.70. The van der Waals surface area contributed by atoms with Crippen LogP contribution in [0.25, 0.3) is 0 Å². The molecule has 1 N–H and O–H groups in total. The van der Waals surface area contributed by atoms with Crippen LogP contribution in [0.2, 0.25) is 0 Å². The van der Waals surface area contributed by atoms with Gasteiger partial charge in [0, 0.05) is 46.7 Å². The highest BCUT2D eigenvalue weighted by atomic mass is 16.2. The fraction of sp³-hybridized carbons (Fsp3) is 0.857. The van der Waals surface area contributed by atoms with E-state index in [0.29, 0.717) is 38.5 Å². The first-order valence-electron chi connectivity index (χ1n) is 7.52. The van der Waals surface area contributed by atoms with E-state index in [0.717, 1.165) is 19.5 Å². The monoisotopic (exact) mass is 282 g/mol. The number of carbonyl (C=O) groups is 2. The van der Waals surface area contributed by atoms with Gasteiger partial charge in [-0.2, -0.15) is 0 Å². The maximum Gasteiger partial charge on any atom is 0.319 e. The van der Waals surface area contributed by atoms with Crippen LogP contribution in [0.5, 0.6) is 0 Å². The van der Waals surface area contributed by atoms with Gasteiger partial charge in [0.2, 0.25) is 5.91 Å². The first kappa shape index (κ1) is 15.1. The van der Waals surface area contributed by atoms with E-state index in [-0.39, 0.29) is 11.9 Å². The second-order valence-electron chi connectivity index (χ2n) is 5.94. The summed E-state index contributed by atoms with van der Waals surface area (Å²) in [6.45, 7) is 4.77. The summed E-state index contributed by atoms with van der Waals surface area (Å²) in [6.07, 6.45) is 2.83. The van der Waals surface area contributed by atoms with Crippen molar-refractivity contribution in [3.8, 4) is 0 Å². The third-order valence-electron chi connectivity index (χ3n) is 4.21. The maximum absolute atomic E-state index is 12.2. The Kier molecular flexibility index (Phi) is 5.23. The Morgan fingerprint density at radius 1 is 1.15 bits per heavy atom. The first-order valence-corrected chi connectivity index (χ1v) is 7.52. The number of urea groups is 1. The molecule has 6 nitrogen and oxygen atoms in total. The molecule has 20 heavy (non-hydrogen) atoms. The Bertz CT molecular complexity index is 345. The highest BCUT2D eigenvalue weighted by molar-refractivity contribution is 5.77. The average molecular weight is 282 g/mol. The minimum absolute atomic E-state index is 0.0362. The van der Waals surface area contributed by atoms with Crippen LogP contribution in [-0.2, 0) is 4.79 Å². The van der Waals surface area contributed by atoms with Crippen molar-refractivity contribution in [3.05, 3.63) is 0 Å². The van der Waals surface area contributed by atoms with Gasteiger partial charge in [0.1, 0.15) is 0 Å². The van der Waals surface area contributed by atoms with E-state index in [4.69, 9.17) is 0 Å². The minimum atomic E-state index is 0.0362.